The van der Waals surface area contributed by atoms with Crippen molar-refractivity contribution in [3.05, 3.63) is 0 Å². The molecule has 22 heteroatoms. The van der Waals surface area contributed by atoms with Crippen LogP contribution in [-0.2, 0) is 47.9 Å². The minimum Gasteiger partial charge on any atom is -0.481 e. The Hall–Kier alpha value is -5.38. The molecule has 1 aliphatic rings. The molecule has 1 heterocycles. The Morgan fingerprint density at radius 2 is 1.34 bits per heavy atom. The van der Waals surface area contributed by atoms with Gasteiger partial charge in [-0.3, -0.25) is 43.2 Å². The monoisotopic (exact) mass is 840 g/mol. The van der Waals surface area contributed by atoms with Crippen molar-refractivity contribution in [3.63, 3.8) is 0 Å². The summed E-state index contributed by atoms with van der Waals surface area (Å²) in [6.07, 6.45) is 3.10. The summed E-state index contributed by atoms with van der Waals surface area (Å²) in [6, 6.07) is -6.68. The van der Waals surface area contributed by atoms with Crippen molar-refractivity contribution in [1.82, 2.24) is 36.8 Å². The molecule has 6 atom stereocenters. The van der Waals surface area contributed by atoms with Crippen LogP contribution in [0.4, 0.5) is 0 Å². The SMILES string of the molecule is CC(C)C[C@H](NC(=O)CNC(=O)[C@H](CCCCCC(=O)O)NC(=O)[C@@H](N)CCC(N)=O)C(=O)N[C@@H](C)C(=O)NCC(=O)N1CCC[C@H]1C(=O)N[C@@H](CCCCN)C(=O)O. The second kappa shape index (κ2) is 27.3. The number of nitrogens with zero attached hydrogens (tertiary/aromatic N) is 1. The van der Waals surface area contributed by atoms with Crippen LogP contribution in [0.2, 0.25) is 0 Å². The van der Waals surface area contributed by atoms with Gasteiger partial charge >= 0.3 is 11.9 Å². The number of amides is 8. The van der Waals surface area contributed by atoms with Gasteiger partial charge in [-0.05, 0) is 77.2 Å². The van der Waals surface area contributed by atoms with Gasteiger partial charge in [-0.1, -0.05) is 26.7 Å². The van der Waals surface area contributed by atoms with Crippen LogP contribution < -0.4 is 49.1 Å². The molecule has 0 aromatic carbocycles. The first-order valence-electron chi connectivity index (χ1n) is 20.0. The molecule has 0 bridgehead atoms. The zero-order chi connectivity index (χ0) is 44.7. The number of aliphatic carboxylic acids is 2. The summed E-state index contributed by atoms with van der Waals surface area (Å²) < 4.78 is 0. The number of rotatable bonds is 29. The molecule has 0 radical (unpaired) electrons. The maximum atomic E-state index is 13.3. The summed E-state index contributed by atoms with van der Waals surface area (Å²) in [5, 5.41) is 33.3. The molecule has 0 unspecified atom stereocenters. The summed E-state index contributed by atoms with van der Waals surface area (Å²) in [5.41, 5.74) is 16.4. The zero-order valence-corrected chi connectivity index (χ0v) is 34.2. The van der Waals surface area contributed by atoms with Crippen LogP contribution in [0.5, 0.6) is 0 Å². The number of carboxylic acid groups (broad SMARTS) is 2. The van der Waals surface area contributed by atoms with Gasteiger partial charge in [0.05, 0.1) is 19.1 Å². The van der Waals surface area contributed by atoms with Crippen molar-refractivity contribution >= 4 is 59.2 Å². The second-order valence-electron chi connectivity index (χ2n) is 15.0. The van der Waals surface area contributed by atoms with E-state index in [9.17, 15) is 53.1 Å². The standard InChI is InChI=1S/C37H64N10O12/c1-21(2)18-26(44-29(49)19-41-34(55)24(10-5-4-6-13-31(51)52)45-33(54)23(39)14-15-28(40)48)35(56)43-22(3)32(53)42-20-30(50)47-17-9-12-27(47)36(57)46-25(37(58)59)11-7-8-16-38/h21-27H,4-20,38-39H2,1-3H3,(H2,40,48)(H,41,55)(H,42,53)(H,43,56)(H,44,49)(H,45,54)(H,46,57)(H,51,52)(H,58,59)/t22-,23-,24-,25-,26-,27-/m0/s1. The van der Waals surface area contributed by atoms with Crippen molar-refractivity contribution in [2.75, 3.05) is 26.2 Å². The third kappa shape index (κ3) is 20.7. The van der Waals surface area contributed by atoms with Gasteiger partial charge in [0.25, 0.3) is 0 Å². The molecular weight excluding hydrogens is 776 g/mol. The summed E-state index contributed by atoms with van der Waals surface area (Å²) >= 11 is 0. The van der Waals surface area contributed by atoms with E-state index in [1.54, 1.807) is 13.8 Å². The van der Waals surface area contributed by atoms with Crippen LogP contribution in [-0.4, -0.2) is 137 Å². The molecule has 1 saturated heterocycles. The summed E-state index contributed by atoms with van der Waals surface area (Å²) in [6.45, 7) is 4.45. The Morgan fingerprint density at radius 3 is 1.95 bits per heavy atom. The Labute approximate surface area is 343 Å². The Kier molecular flexibility index (Phi) is 23.9. The van der Waals surface area contributed by atoms with E-state index >= 15 is 0 Å². The normalized spacial score (nSPS) is 16.1. The second-order valence-corrected chi connectivity index (χ2v) is 15.0. The minimum absolute atomic E-state index is 0.0674. The van der Waals surface area contributed by atoms with Gasteiger partial charge < -0.3 is 64.2 Å². The maximum absolute atomic E-state index is 13.3. The number of carbonyl (C=O) groups excluding carboxylic acids is 8. The topological polar surface area (TPSA) is 365 Å². The van der Waals surface area contributed by atoms with Gasteiger partial charge in [-0.2, -0.15) is 0 Å². The number of nitrogens with two attached hydrogens (primary N) is 3. The predicted molar refractivity (Wildman–Crippen MR) is 211 cm³/mol. The number of carboxylic acids is 2. The van der Waals surface area contributed by atoms with Crippen molar-refractivity contribution < 1.29 is 58.2 Å². The van der Waals surface area contributed by atoms with E-state index in [0.29, 0.717) is 51.5 Å². The average Bonchev–Trinajstić information content (AvgIpc) is 3.66. The lowest BCUT2D eigenvalue weighted by Gasteiger charge is -2.26. The van der Waals surface area contributed by atoms with Crippen LogP contribution in [0.15, 0.2) is 0 Å². The van der Waals surface area contributed by atoms with Crippen LogP contribution in [0, 0.1) is 5.92 Å². The number of likely N-dealkylation sites (tertiary alicyclic amines) is 1. The van der Waals surface area contributed by atoms with E-state index in [-0.39, 0.29) is 51.0 Å². The summed E-state index contributed by atoms with van der Waals surface area (Å²) in [7, 11) is 0. The molecule has 8 amide bonds. The van der Waals surface area contributed by atoms with Crippen molar-refractivity contribution in [2.24, 2.45) is 23.1 Å². The highest BCUT2D eigenvalue weighted by molar-refractivity contribution is 5.96. The third-order valence-corrected chi connectivity index (χ3v) is 9.44. The average molecular weight is 841 g/mol. The molecule has 22 nitrogen and oxygen atoms in total. The number of nitrogens with one attached hydrogen (secondary N) is 6. The van der Waals surface area contributed by atoms with E-state index in [4.69, 9.17) is 22.3 Å². The smallest absolute Gasteiger partial charge is 0.326 e. The number of hydrogen-bond acceptors (Lipinski definition) is 12. The Balaban J connectivity index is 2.80. The molecule has 1 aliphatic heterocycles. The molecule has 59 heavy (non-hydrogen) atoms. The Morgan fingerprint density at radius 1 is 0.695 bits per heavy atom. The van der Waals surface area contributed by atoms with Crippen LogP contribution in [0.25, 0.3) is 0 Å². The molecule has 334 valence electrons. The van der Waals surface area contributed by atoms with E-state index in [2.05, 4.69) is 31.9 Å². The number of carbonyl (C=O) groups is 10. The number of unbranched alkanes of at least 4 members (excludes halogenated alkanes) is 3. The lowest BCUT2D eigenvalue weighted by molar-refractivity contribution is -0.144. The highest BCUT2D eigenvalue weighted by Crippen LogP contribution is 2.18. The molecule has 0 aliphatic carbocycles. The van der Waals surface area contributed by atoms with E-state index in [1.807, 2.05) is 0 Å². The van der Waals surface area contributed by atoms with Gasteiger partial charge in [0.15, 0.2) is 0 Å². The van der Waals surface area contributed by atoms with Gasteiger partial charge in [0, 0.05) is 19.4 Å². The largest absolute Gasteiger partial charge is 0.481 e. The lowest BCUT2D eigenvalue weighted by atomic mass is 10.0. The van der Waals surface area contributed by atoms with E-state index < -0.39 is 109 Å². The zero-order valence-electron chi connectivity index (χ0n) is 34.2. The quantitative estimate of drug-likeness (QED) is 0.0336. The van der Waals surface area contributed by atoms with E-state index in [0.717, 1.165) is 0 Å². The predicted octanol–water partition coefficient (Wildman–Crippen LogP) is -2.94. The molecular formula is C37H64N10O12. The van der Waals surface area contributed by atoms with Crippen LogP contribution >= 0.6 is 0 Å². The molecule has 1 rings (SSSR count). The Bertz CT molecular complexity index is 1480. The maximum Gasteiger partial charge on any atom is 0.326 e. The molecule has 14 N–H and O–H groups in total. The summed E-state index contributed by atoms with van der Waals surface area (Å²) in [5.74, 6) is -7.85. The number of primary amides is 1. The molecule has 0 aromatic heterocycles. The third-order valence-electron chi connectivity index (χ3n) is 9.44. The fourth-order valence-electron chi connectivity index (χ4n) is 6.17. The molecule has 0 spiro atoms. The van der Waals surface area contributed by atoms with Gasteiger partial charge in [0.1, 0.15) is 30.2 Å². The van der Waals surface area contributed by atoms with Gasteiger partial charge in [-0.15, -0.1) is 0 Å². The first kappa shape index (κ1) is 51.6. The minimum atomic E-state index is -1.20. The van der Waals surface area contributed by atoms with Crippen LogP contribution in [0.3, 0.4) is 0 Å². The molecule has 0 aromatic rings. The first-order valence-corrected chi connectivity index (χ1v) is 20.0. The first-order chi connectivity index (χ1) is 27.8. The molecule has 1 fully saturated rings. The highest BCUT2D eigenvalue weighted by atomic mass is 16.4. The fourth-order valence-corrected chi connectivity index (χ4v) is 6.17. The molecule has 0 saturated carbocycles. The van der Waals surface area contributed by atoms with E-state index in [1.165, 1.54) is 11.8 Å². The summed E-state index contributed by atoms with van der Waals surface area (Å²) in [4.78, 5) is 126. The lowest BCUT2D eigenvalue weighted by Crippen LogP contribution is -2.56. The van der Waals surface area contributed by atoms with Crippen molar-refractivity contribution in [3.8, 4) is 0 Å². The van der Waals surface area contributed by atoms with Gasteiger partial charge in [0.2, 0.25) is 47.3 Å². The van der Waals surface area contributed by atoms with Crippen molar-refractivity contribution in [2.45, 2.75) is 140 Å². The van der Waals surface area contributed by atoms with Crippen LogP contribution in [0.1, 0.15) is 104 Å². The van der Waals surface area contributed by atoms with Crippen molar-refractivity contribution in [1.29, 1.82) is 0 Å². The highest BCUT2D eigenvalue weighted by Gasteiger charge is 2.36. The van der Waals surface area contributed by atoms with Gasteiger partial charge in [-0.25, -0.2) is 4.79 Å². The fraction of sp³-hybridized carbons (Fsp3) is 0.730. The number of hydrogen-bond donors (Lipinski definition) is 11.